The lowest BCUT2D eigenvalue weighted by Crippen LogP contribution is -2.28. The average molecular weight is 356 g/mol. The van der Waals surface area contributed by atoms with E-state index >= 15 is 0 Å². The summed E-state index contributed by atoms with van der Waals surface area (Å²) >= 11 is 5.03. The van der Waals surface area contributed by atoms with Gasteiger partial charge in [-0.3, -0.25) is 0 Å². The normalized spacial score (nSPS) is 11.1. The summed E-state index contributed by atoms with van der Waals surface area (Å²) in [4.78, 5) is 0.232. The van der Waals surface area contributed by atoms with E-state index in [1.54, 1.807) is 12.1 Å². The van der Waals surface area contributed by atoms with Crippen molar-refractivity contribution < 1.29 is 17.2 Å². The van der Waals surface area contributed by atoms with Crippen LogP contribution < -0.4 is 10.6 Å². The molecule has 0 aliphatic carbocycles. The minimum atomic E-state index is -3.23. The number of nitrogens with one attached hydrogen (secondary N) is 2. The Morgan fingerprint density at radius 1 is 1.13 bits per heavy atom. The zero-order chi connectivity index (χ0) is 17.0. The third kappa shape index (κ3) is 4.97. The van der Waals surface area contributed by atoms with Crippen LogP contribution in [0.1, 0.15) is 5.56 Å². The van der Waals surface area contributed by atoms with Crippen LogP contribution in [0, 0.1) is 11.6 Å². The van der Waals surface area contributed by atoms with Gasteiger partial charge in [0.05, 0.1) is 10.6 Å². The molecule has 0 spiro atoms. The first-order valence-corrected chi connectivity index (χ1v) is 8.84. The number of hydrogen-bond acceptors (Lipinski definition) is 3. The molecule has 0 amide bonds. The summed E-state index contributed by atoms with van der Waals surface area (Å²) < 4.78 is 49.0. The number of hydrogen-bond donors (Lipinski definition) is 2. The van der Waals surface area contributed by atoms with Crippen LogP contribution in [0.3, 0.4) is 0 Å². The van der Waals surface area contributed by atoms with Crippen LogP contribution in [0.2, 0.25) is 0 Å². The molecule has 2 aromatic carbocycles. The van der Waals surface area contributed by atoms with Crippen LogP contribution in [0.4, 0.5) is 14.5 Å². The van der Waals surface area contributed by atoms with Gasteiger partial charge in [-0.05, 0) is 42.0 Å². The molecule has 0 heterocycles. The van der Waals surface area contributed by atoms with Crippen LogP contribution in [0.15, 0.2) is 47.4 Å². The number of halogens is 2. The number of anilines is 1. The second kappa shape index (κ2) is 7.01. The molecule has 0 fully saturated rings. The zero-order valence-electron chi connectivity index (χ0n) is 12.1. The fraction of sp³-hybridized carbons (Fsp3) is 0.133. The molecular formula is C15H14F2N2O2S2. The van der Waals surface area contributed by atoms with Gasteiger partial charge in [0, 0.05) is 18.9 Å². The molecule has 2 N–H and O–H groups in total. The summed E-state index contributed by atoms with van der Waals surface area (Å²) in [6.45, 7) is 0.332. The van der Waals surface area contributed by atoms with Gasteiger partial charge in [0.2, 0.25) is 0 Å². The number of sulfone groups is 1. The maximum absolute atomic E-state index is 13.5. The molecule has 4 nitrogen and oxygen atoms in total. The van der Waals surface area contributed by atoms with E-state index in [4.69, 9.17) is 12.2 Å². The van der Waals surface area contributed by atoms with Gasteiger partial charge < -0.3 is 10.6 Å². The molecule has 2 aromatic rings. The second-order valence-electron chi connectivity index (χ2n) is 4.85. The predicted octanol–water partition coefficient (Wildman–Crippen LogP) is 2.85. The standard InChI is InChI=1S/C15H14F2N2O2S2/c1-23(20,21)12-5-2-10(3-6-12)9-18-15(22)19-14-7-4-11(16)8-13(14)17/h2-8H,9H2,1H3,(H2,18,19,22). The molecule has 2 rings (SSSR count). The molecule has 0 bridgehead atoms. The summed E-state index contributed by atoms with van der Waals surface area (Å²) in [5.41, 5.74) is 0.873. The molecule has 0 unspecified atom stereocenters. The lowest BCUT2D eigenvalue weighted by Gasteiger charge is -2.11. The van der Waals surface area contributed by atoms with Gasteiger partial charge in [-0.15, -0.1) is 0 Å². The van der Waals surface area contributed by atoms with Gasteiger partial charge in [0.15, 0.2) is 14.9 Å². The van der Waals surface area contributed by atoms with Crippen molar-refractivity contribution >= 4 is 32.9 Å². The van der Waals surface area contributed by atoms with Crippen LogP contribution in [-0.2, 0) is 16.4 Å². The molecule has 0 atom stereocenters. The highest BCUT2D eigenvalue weighted by molar-refractivity contribution is 7.90. The minimum absolute atomic E-state index is 0.0660. The zero-order valence-corrected chi connectivity index (χ0v) is 13.8. The highest BCUT2D eigenvalue weighted by atomic mass is 32.2. The minimum Gasteiger partial charge on any atom is -0.358 e. The van der Waals surface area contributed by atoms with Crippen molar-refractivity contribution in [2.45, 2.75) is 11.4 Å². The van der Waals surface area contributed by atoms with Crippen molar-refractivity contribution in [3.8, 4) is 0 Å². The van der Waals surface area contributed by atoms with Gasteiger partial charge in [-0.25, -0.2) is 17.2 Å². The molecule has 0 saturated carbocycles. The molecule has 0 aromatic heterocycles. The Hall–Kier alpha value is -2.06. The smallest absolute Gasteiger partial charge is 0.175 e. The Labute approximate surface area is 138 Å². The largest absolute Gasteiger partial charge is 0.358 e. The van der Waals surface area contributed by atoms with Crippen molar-refractivity contribution in [3.63, 3.8) is 0 Å². The van der Waals surface area contributed by atoms with E-state index in [1.165, 1.54) is 18.2 Å². The molecule has 0 saturated heterocycles. The second-order valence-corrected chi connectivity index (χ2v) is 7.27. The molecular weight excluding hydrogens is 342 g/mol. The lowest BCUT2D eigenvalue weighted by molar-refractivity contribution is 0.586. The van der Waals surface area contributed by atoms with Crippen LogP contribution >= 0.6 is 12.2 Å². The Kier molecular flexibility index (Phi) is 5.27. The topological polar surface area (TPSA) is 58.2 Å². The van der Waals surface area contributed by atoms with Crippen molar-refractivity contribution in [2.75, 3.05) is 11.6 Å². The van der Waals surface area contributed by atoms with E-state index in [9.17, 15) is 17.2 Å². The average Bonchev–Trinajstić information content (AvgIpc) is 2.47. The van der Waals surface area contributed by atoms with Gasteiger partial charge in [0.25, 0.3) is 0 Å². The Morgan fingerprint density at radius 2 is 1.78 bits per heavy atom. The first-order chi connectivity index (χ1) is 10.8. The first kappa shape index (κ1) is 17.3. The molecule has 23 heavy (non-hydrogen) atoms. The summed E-state index contributed by atoms with van der Waals surface area (Å²) in [5.74, 6) is -1.41. The third-order valence-corrected chi connectivity index (χ3v) is 4.36. The van der Waals surface area contributed by atoms with Gasteiger partial charge in [0.1, 0.15) is 11.6 Å². The monoisotopic (exact) mass is 356 g/mol. The molecule has 0 aliphatic heterocycles. The van der Waals surface area contributed by atoms with Crippen molar-refractivity contribution in [2.24, 2.45) is 0 Å². The number of benzene rings is 2. The molecule has 0 aliphatic rings. The van der Waals surface area contributed by atoms with E-state index in [0.717, 1.165) is 24.0 Å². The lowest BCUT2D eigenvalue weighted by atomic mass is 10.2. The number of rotatable bonds is 4. The van der Waals surface area contributed by atoms with E-state index in [-0.39, 0.29) is 15.7 Å². The summed E-state index contributed by atoms with van der Waals surface area (Å²) in [5, 5.41) is 5.65. The highest BCUT2D eigenvalue weighted by Crippen LogP contribution is 2.15. The van der Waals surface area contributed by atoms with Gasteiger partial charge in [-0.2, -0.15) is 0 Å². The fourth-order valence-corrected chi connectivity index (χ4v) is 2.61. The molecule has 0 radical (unpaired) electrons. The Bertz CT molecular complexity index is 822. The van der Waals surface area contributed by atoms with Crippen LogP contribution in [-0.4, -0.2) is 19.8 Å². The maximum atomic E-state index is 13.5. The maximum Gasteiger partial charge on any atom is 0.175 e. The van der Waals surface area contributed by atoms with Crippen molar-refractivity contribution in [1.29, 1.82) is 0 Å². The SMILES string of the molecule is CS(=O)(=O)c1ccc(CNC(=S)Nc2ccc(F)cc2F)cc1. The van der Waals surface area contributed by atoms with E-state index in [2.05, 4.69) is 10.6 Å². The number of thiocarbonyl (C=S) groups is 1. The van der Waals surface area contributed by atoms with E-state index in [0.29, 0.717) is 6.54 Å². The summed E-state index contributed by atoms with van der Waals surface area (Å²) in [7, 11) is -3.23. The predicted molar refractivity (Wildman–Crippen MR) is 89.0 cm³/mol. The third-order valence-electron chi connectivity index (χ3n) is 2.98. The molecule has 8 heteroatoms. The highest BCUT2D eigenvalue weighted by Gasteiger charge is 2.07. The quantitative estimate of drug-likeness (QED) is 0.825. The van der Waals surface area contributed by atoms with Crippen LogP contribution in [0.5, 0.6) is 0 Å². The fourth-order valence-electron chi connectivity index (χ4n) is 1.79. The van der Waals surface area contributed by atoms with Crippen molar-refractivity contribution in [3.05, 3.63) is 59.7 Å². The van der Waals surface area contributed by atoms with Gasteiger partial charge >= 0.3 is 0 Å². The Morgan fingerprint density at radius 3 is 2.35 bits per heavy atom. The van der Waals surface area contributed by atoms with Crippen molar-refractivity contribution in [1.82, 2.24) is 5.32 Å². The Balaban J connectivity index is 1.94. The summed E-state index contributed by atoms with van der Waals surface area (Å²) in [6.07, 6.45) is 1.14. The van der Waals surface area contributed by atoms with Crippen LogP contribution in [0.25, 0.3) is 0 Å². The first-order valence-electron chi connectivity index (χ1n) is 6.54. The van der Waals surface area contributed by atoms with E-state index in [1.807, 2.05) is 0 Å². The molecule has 122 valence electrons. The van der Waals surface area contributed by atoms with E-state index < -0.39 is 21.5 Å². The van der Waals surface area contributed by atoms with Gasteiger partial charge in [-0.1, -0.05) is 12.1 Å². The summed E-state index contributed by atoms with van der Waals surface area (Å²) in [6, 6.07) is 9.45.